The molecule has 22 heavy (non-hydrogen) atoms. The summed E-state index contributed by atoms with van der Waals surface area (Å²) in [6.45, 7) is 4.65. The van der Waals surface area contributed by atoms with E-state index in [4.69, 9.17) is 5.73 Å². The summed E-state index contributed by atoms with van der Waals surface area (Å²) in [5, 5.41) is 2.98. The average Bonchev–Trinajstić information content (AvgIpc) is 2.85. The number of benzene rings is 1. The highest BCUT2D eigenvalue weighted by molar-refractivity contribution is 9.10. The number of nitrogens with two attached hydrogens (primary N) is 1. The minimum absolute atomic E-state index is 0. The van der Waals surface area contributed by atoms with Gasteiger partial charge in [0.2, 0.25) is 5.91 Å². The van der Waals surface area contributed by atoms with Crippen molar-refractivity contribution in [2.45, 2.75) is 25.8 Å². The summed E-state index contributed by atoms with van der Waals surface area (Å²) in [7, 11) is 0. The molecular weight excluding hydrogens is 389 g/mol. The molecule has 1 heterocycles. The lowest BCUT2D eigenvalue weighted by molar-refractivity contribution is -0.121. The number of halogens is 3. The van der Waals surface area contributed by atoms with Crippen LogP contribution in [0.25, 0.3) is 0 Å². The van der Waals surface area contributed by atoms with Gasteiger partial charge >= 0.3 is 0 Å². The summed E-state index contributed by atoms with van der Waals surface area (Å²) >= 11 is 3.45. The van der Waals surface area contributed by atoms with Gasteiger partial charge in [0.1, 0.15) is 0 Å². The van der Waals surface area contributed by atoms with Crippen LogP contribution in [-0.2, 0) is 4.79 Å². The molecule has 0 spiro atoms. The van der Waals surface area contributed by atoms with Crippen LogP contribution in [0.15, 0.2) is 28.7 Å². The van der Waals surface area contributed by atoms with Gasteiger partial charge in [-0.25, -0.2) is 0 Å². The number of anilines is 1. The van der Waals surface area contributed by atoms with Gasteiger partial charge in [0.15, 0.2) is 0 Å². The van der Waals surface area contributed by atoms with Gasteiger partial charge in [-0.2, -0.15) is 0 Å². The van der Waals surface area contributed by atoms with Gasteiger partial charge in [-0.1, -0.05) is 15.9 Å². The number of carbonyl (C=O) groups excluding carboxylic acids is 1. The fraction of sp³-hybridized carbons (Fsp3) is 0.533. The second-order valence-corrected chi connectivity index (χ2v) is 6.48. The third-order valence-corrected chi connectivity index (χ3v) is 4.10. The van der Waals surface area contributed by atoms with E-state index in [0.717, 1.165) is 30.5 Å². The molecular formula is C15H24BrCl2N3O. The summed E-state index contributed by atoms with van der Waals surface area (Å²) < 4.78 is 1.10. The Morgan fingerprint density at radius 2 is 2.05 bits per heavy atom. The summed E-state index contributed by atoms with van der Waals surface area (Å²) in [5.74, 6) is 0.581. The Labute approximate surface area is 153 Å². The first-order valence-electron chi connectivity index (χ1n) is 7.07. The molecule has 1 aliphatic heterocycles. The summed E-state index contributed by atoms with van der Waals surface area (Å²) in [5.41, 5.74) is 6.86. The van der Waals surface area contributed by atoms with E-state index in [1.54, 1.807) is 0 Å². The minimum Gasteiger partial charge on any atom is -0.371 e. The molecule has 7 heteroatoms. The SMILES string of the molecule is CC(N)CC(=O)NCC1CCN(c2ccc(Br)cc2)C1.Cl.Cl. The molecule has 1 aliphatic rings. The fourth-order valence-electron chi connectivity index (χ4n) is 2.51. The molecule has 1 aromatic rings. The van der Waals surface area contributed by atoms with Crippen molar-refractivity contribution in [2.75, 3.05) is 24.5 Å². The zero-order valence-electron chi connectivity index (χ0n) is 12.6. The highest BCUT2D eigenvalue weighted by Crippen LogP contribution is 2.24. The van der Waals surface area contributed by atoms with Crippen LogP contribution in [0.3, 0.4) is 0 Å². The first kappa shape index (κ1) is 21.5. The molecule has 2 rings (SSSR count). The summed E-state index contributed by atoms with van der Waals surface area (Å²) in [4.78, 5) is 14.0. The maximum Gasteiger partial charge on any atom is 0.221 e. The van der Waals surface area contributed by atoms with E-state index in [1.807, 2.05) is 6.92 Å². The lowest BCUT2D eigenvalue weighted by Crippen LogP contribution is -2.34. The van der Waals surface area contributed by atoms with Crippen molar-refractivity contribution >= 4 is 52.3 Å². The molecule has 0 radical (unpaired) electrons. The molecule has 2 unspecified atom stereocenters. The first-order chi connectivity index (χ1) is 9.54. The van der Waals surface area contributed by atoms with Crippen LogP contribution < -0.4 is 16.0 Å². The molecule has 126 valence electrons. The number of hydrogen-bond acceptors (Lipinski definition) is 3. The van der Waals surface area contributed by atoms with Crippen LogP contribution in [0.1, 0.15) is 19.8 Å². The number of hydrogen-bond donors (Lipinski definition) is 2. The Morgan fingerprint density at radius 3 is 2.64 bits per heavy atom. The topological polar surface area (TPSA) is 58.4 Å². The van der Waals surface area contributed by atoms with Gasteiger partial charge in [0.25, 0.3) is 0 Å². The monoisotopic (exact) mass is 411 g/mol. The zero-order valence-corrected chi connectivity index (χ0v) is 15.8. The van der Waals surface area contributed by atoms with E-state index < -0.39 is 0 Å². The maximum absolute atomic E-state index is 11.6. The van der Waals surface area contributed by atoms with Crippen molar-refractivity contribution in [1.29, 1.82) is 0 Å². The lowest BCUT2D eigenvalue weighted by atomic mass is 10.1. The molecule has 1 saturated heterocycles. The van der Waals surface area contributed by atoms with Gasteiger partial charge in [-0.3, -0.25) is 4.79 Å². The normalized spacial score (nSPS) is 18.1. The quantitative estimate of drug-likeness (QED) is 0.781. The second-order valence-electron chi connectivity index (χ2n) is 5.56. The Kier molecular flexibility index (Phi) is 10.1. The van der Waals surface area contributed by atoms with E-state index in [0.29, 0.717) is 12.3 Å². The van der Waals surface area contributed by atoms with Crippen LogP contribution in [0.2, 0.25) is 0 Å². The van der Waals surface area contributed by atoms with Crippen LogP contribution in [0.5, 0.6) is 0 Å². The number of nitrogens with zero attached hydrogens (tertiary/aromatic N) is 1. The molecule has 4 nitrogen and oxygen atoms in total. The van der Waals surface area contributed by atoms with Crippen LogP contribution >= 0.6 is 40.7 Å². The number of carbonyl (C=O) groups is 1. The Balaban J connectivity index is 0.00000220. The molecule has 2 atom stereocenters. The summed E-state index contributed by atoms with van der Waals surface area (Å²) in [6, 6.07) is 8.31. The number of rotatable bonds is 5. The summed E-state index contributed by atoms with van der Waals surface area (Å²) in [6.07, 6.45) is 1.53. The minimum atomic E-state index is -0.0714. The largest absolute Gasteiger partial charge is 0.371 e. The fourth-order valence-corrected chi connectivity index (χ4v) is 2.77. The standard InChI is InChI=1S/C15H22BrN3O.2ClH/c1-11(17)8-15(20)18-9-12-6-7-19(10-12)14-4-2-13(16)3-5-14;;/h2-5,11-12H,6-10,17H2,1H3,(H,18,20);2*1H. The third-order valence-electron chi connectivity index (χ3n) is 3.57. The lowest BCUT2D eigenvalue weighted by Gasteiger charge is -2.19. The molecule has 1 amide bonds. The average molecular weight is 413 g/mol. The predicted molar refractivity (Wildman–Crippen MR) is 100 cm³/mol. The van der Waals surface area contributed by atoms with Crippen molar-refractivity contribution in [1.82, 2.24) is 5.32 Å². The first-order valence-corrected chi connectivity index (χ1v) is 7.86. The molecule has 0 saturated carbocycles. The molecule has 0 bridgehead atoms. The molecule has 1 fully saturated rings. The van der Waals surface area contributed by atoms with Crippen LogP contribution in [0, 0.1) is 5.92 Å². The number of nitrogens with one attached hydrogen (secondary N) is 1. The Hall–Kier alpha value is -0.490. The third kappa shape index (κ3) is 6.73. The van der Waals surface area contributed by atoms with Crippen molar-refractivity contribution < 1.29 is 4.79 Å². The van der Waals surface area contributed by atoms with Gasteiger partial charge in [0, 0.05) is 42.3 Å². The van der Waals surface area contributed by atoms with Crippen LogP contribution in [0.4, 0.5) is 5.69 Å². The van der Waals surface area contributed by atoms with Crippen molar-refractivity contribution in [3.8, 4) is 0 Å². The predicted octanol–water partition coefficient (Wildman–Crippen LogP) is 2.97. The van der Waals surface area contributed by atoms with E-state index in [9.17, 15) is 4.79 Å². The Bertz CT molecular complexity index is 457. The van der Waals surface area contributed by atoms with Gasteiger partial charge in [-0.15, -0.1) is 24.8 Å². The maximum atomic E-state index is 11.6. The molecule has 3 N–H and O–H groups in total. The van der Waals surface area contributed by atoms with Gasteiger partial charge < -0.3 is 16.0 Å². The van der Waals surface area contributed by atoms with E-state index in [2.05, 4.69) is 50.4 Å². The highest BCUT2D eigenvalue weighted by atomic mass is 79.9. The van der Waals surface area contributed by atoms with E-state index in [-0.39, 0.29) is 36.8 Å². The van der Waals surface area contributed by atoms with Crippen molar-refractivity contribution in [3.63, 3.8) is 0 Å². The van der Waals surface area contributed by atoms with Crippen LogP contribution in [-0.4, -0.2) is 31.6 Å². The number of amides is 1. The zero-order chi connectivity index (χ0) is 14.5. The van der Waals surface area contributed by atoms with Gasteiger partial charge in [0.05, 0.1) is 0 Å². The van der Waals surface area contributed by atoms with Crippen molar-refractivity contribution in [3.05, 3.63) is 28.7 Å². The smallest absolute Gasteiger partial charge is 0.221 e. The van der Waals surface area contributed by atoms with Gasteiger partial charge in [-0.05, 0) is 43.5 Å². The van der Waals surface area contributed by atoms with Crippen molar-refractivity contribution in [2.24, 2.45) is 11.7 Å². The van der Waals surface area contributed by atoms with E-state index in [1.165, 1.54) is 5.69 Å². The molecule has 0 aromatic heterocycles. The highest BCUT2D eigenvalue weighted by Gasteiger charge is 2.23. The second kappa shape index (κ2) is 10.3. The molecule has 1 aromatic carbocycles. The van der Waals surface area contributed by atoms with E-state index >= 15 is 0 Å². The Morgan fingerprint density at radius 1 is 1.41 bits per heavy atom. The molecule has 0 aliphatic carbocycles.